The molecular formula is C21H17Cl2N3. The second-order valence-corrected chi connectivity index (χ2v) is 7.42. The Bertz CT molecular complexity index is 1110. The van der Waals surface area contributed by atoms with Crippen LogP contribution >= 0.6 is 23.2 Å². The number of halogens is 2. The summed E-state index contributed by atoms with van der Waals surface area (Å²) in [4.78, 5) is 2.36. The Morgan fingerprint density at radius 2 is 1.42 bits per heavy atom. The molecule has 1 fully saturated rings. The first-order valence-corrected chi connectivity index (χ1v) is 9.60. The van der Waals surface area contributed by atoms with E-state index in [1.807, 2.05) is 40.9 Å². The molecule has 0 radical (unpaired) electrons. The maximum absolute atomic E-state index is 6.68. The molecule has 0 unspecified atom stereocenters. The van der Waals surface area contributed by atoms with Crippen LogP contribution in [-0.2, 0) is 0 Å². The maximum Gasteiger partial charge on any atom is 0.157 e. The van der Waals surface area contributed by atoms with Crippen molar-refractivity contribution in [2.75, 3.05) is 18.0 Å². The first-order chi connectivity index (χ1) is 12.8. The van der Waals surface area contributed by atoms with Crippen LogP contribution in [0, 0.1) is 0 Å². The van der Waals surface area contributed by atoms with Gasteiger partial charge in [-0.2, -0.15) is 0 Å². The van der Waals surface area contributed by atoms with Gasteiger partial charge in [0, 0.05) is 29.4 Å². The van der Waals surface area contributed by atoms with Gasteiger partial charge in [-0.25, -0.2) is 4.52 Å². The third kappa shape index (κ3) is 2.31. The molecule has 1 aliphatic heterocycles. The lowest BCUT2D eigenvalue weighted by atomic mass is 10.1. The third-order valence-electron chi connectivity index (χ3n) is 5.10. The molecule has 0 bridgehead atoms. The van der Waals surface area contributed by atoms with Crippen LogP contribution in [0.15, 0.2) is 54.6 Å². The van der Waals surface area contributed by atoms with Crippen molar-refractivity contribution in [3.05, 3.63) is 64.6 Å². The molecule has 2 aromatic heterocycles. The quantitative estimate of drug-likeness (QED) is 0.420. The topological polar surface area (TPSA) is 20.5 Å². The van der Waals surface area contributed by atoms with Gasteiger partial charge in [0.1, 0.15) is 0 Å². The predicted octanol–water partition coefficient (Wildman–Crippen LogP) is 6.06. The molecule has 0 spiro atoms. The van der Waals surface area contributed by atoms with E-state index in [-0.39, 0.29) is 0 Å². The smallest absolute Gasteiger partial charge is 0.157 e. The molecule has 0 atom stereocenters. The summed E-state index contributed by atoms with van der Waals surface area (Å²) in [6.07, 6.45) is 2.40. The summed E-state index contributed by atoms with van der Waals surface area (Å²) in [7, 11) is 0. The van der Waals surface area contributed by atoms with Crippen LogP contribution in [0.2, 0.25) is 10.0 Å². The molecule has 2 aromatic carbocycles. The Hall–Kier alpha value is -2.23. The van der Waals surface area contributed by atoms with E-state index in [1.54, 1.807) is 0 Å². The molecular weight excluding hydrogens is 365 g/mol. The van der Waals surface area contributed by atoms with Crippen LogP contribution in [-0.4, -0.2) is 22.7 Å². The van der Waals surface area contributed by atoms with E-state index in [2.05, 4.69) is 23.1 Å². The molecule has 0 saturated carbocycles. The van der Waals surface area contributed by atoms with E-state index in [4.69, 9.17) is 28.3 Å². The zero-order chi connectivity index (χ0) is 17.7. The molecule has 0 amide bonds. The van der Waals surface area contributed by atoms with Crippen molar-refractivity contribution in [3.63, 3.8) is 0 Å². The second kappa shape index (κ2) is 6.19. The largest absolute Gasteiger partial charge is 0.355 e. The molecule has 5 rings (SSSR count). The van der Waals surface area contributed by atoms with Crippen molar-refractivity contribution in [1.82, 2.24) is 9.61 Å². The fourth-order valence-electron chi connectivity index (χ4n) is 3.88. The summed E-state index contributed by atoms with van der Waals surface area (Å²) in [5.41, 5.74) is 2.72. The predicted molar refractivity (Wildman–Crippen MR) is 110 cm³/mol. The highest BCUT2D eigenvalue weighted by Gasteiger charge is 2.24. The molecule has 0 N–H and O–H groups in total. The summed E-state index contributed by atoms with van der Waals surface area (Å²) < 4.78 is 1.93. The normalized spacial score (nSPS) is 14.6. The number of fused-ring (bicyclic) bond motifs is 3. The zero-order valence-corrected chi connectivity index (χ0v) is 15.6. The van der Waals surface area contributed by atoms with Crippen LogP contribution in [0.4, 0.5) is 5.82 Å². The summed E-state index contributed by atoms with van der Waals surface area (Å²) in [6.45, 7) is 2.07. The summed E-state index contributed by atoms with van der Waals surface area (Å²) in [5.74, 6) is 1.01. The number of aromatic nitrogens is 2. The lowest BCUT2D eigenvalue weighted by Gasteiger charge is -2.19. The minimum absolute atomic E-state index is 0.550. The molecule has 130 valence electrons. The van der Waals surface area contributed by atoms with E-state index in [0.29, 0.717) is 10.0 Å². The van der Waals surface area contributed by atoms with E-state index in [9.17, 15) is 0 Å². The highest BCUT2D eigenvalue weighted by molar-refractivity contribution is 6.47. The number of hydrogen-bond acceptors (Lipinski definition) is 2. The number of nitrogens with zero attached hydrogens (tertiary/aromatic N) is 3. The first kappa shape index (κ1) is 16.0. The Labute approximate surface area is 161 Å². The highest BCUT2D eigenvalue weighted by Crippen LogP contribution is 2.42. The Balaban J connectivity index is 1.92. The molecule has 1 aliphatic rings. The van der Waals surface area contributed by atoms with Gasteiger partial charge < -0.3 is 4.90 Å². The Morgan fingerprint density at radius 3 is 2.15 bits per heavy atom. The van der Waals surface area contributed by atoms with Gasteiger partial charge in [0.2, 0.25) is 0 Å². The van der Waals surface area contributed by atoms with Crippen molar-refractivity contribution < 1.29 is 0 Å². The van der Waals surface area contributed by atoms with Gasteiger partial charge in [0.05, 0.1) is 21.3 Å². The number of anilines is 1. The van der Waals surface area contributed by atoms with Crippen molar-refractivity contribution in [1.29, 1.82) is 0 Å². The Morgan fingerprint density at radius 1 is 0.769 bits per heavy atom. The summed E-state index contributed by atoms with van der Waals surface area (Å²) in [5, 5.41) is 8.33. The average molecular weight is 382 g/mol. The minimum Gasteiger partial charge on any atom is -0.355 e. The molecule has 5 heteroatoms. The van der Waals surface area contributed by atoms with Crippen LogP contribution in [0.3, 0.4) is 0 Å². The minimum atomic E-state index is 0.550. The SMILES string of the molecule is Clc1c(Cl)c2c3ccccc3c(N3CCCC3)nn2c1-c1ccccc1. The van der Waals surface area contributed by atoms with Gasteiger partial charge in [-0.05, 0) is 12.8 Å². The van der Waals surface area contributed by atoms with E-state index in [0.717, 1.165) is 46.5 Å². The number of rotatable bonds is 2. The van der Waals surface area contributed by atoms with Crippen LogP contribution < -0.4 is 4.90 Å². The molecule has 1 saturated heterocycles. The van der Waals surface area contributed by atoms with Gasteiger partial charge in [0.15, 0.2) is 5.82 Å². The molecule has 3 nitrogen and oxygen atoms in total. The van der Waals surface area contributed by atoms with Gasteiger partial charge in [-0.1, -0.05) is 77.8 Å². The van der Waals surface area contributed by atoms with Crippen LogP contribution in [0.5, 0.6) is 0 Å². The standard InChI is InChI=1S/C21H17Cl2N3/c22-17-18(23)20-15-10-4-5-11-16(15)21(25-12-6-7-13-25)24-26(20)19(17)14-8-2-1-3-9-14/h1-5,8-11H,6-7,12-13H2. The third-order valence-corrected chi connectivity index (χ3v) is 5.94. The van der Waals surface area contributed by atoms with Gasteiger partial charge in [-0.15, -0.1) is 5.10 Å². The summed E-state index contributed by atoms with van der Waals surface area (Å²) >= 11 is 13.4. The monoisotopic (exact) mass is 381 g/mol. The van der Waals surface area contributed by atoms with Gasteiger partial charge in [-0.3, -0.25) is 0 Å². The number of hydrogen-bond donors (Lipinski definition) is 0. The van der Waals surface area contributed by atoms with Gasteiger partial charge in [0.25, 0.3) is 0 Å². The summed E-state index contributed by atoms with van der Waals surface area (Å²) in [6, 6.07) is 18.4. The maximum atomic E-state index is 6.68. The van der Waals surface area contributed by atoms with Gasteiger partial charge >= 0.3 is 0 Å². The Kier molecular flexibility index (Phi) is 3.80. The molecule has 3 heterocycles. The van der Waals surface area contributed by atoms with Crippen molar-refractivity contribution in [2.24, 2.45) is 0 Å². The average Bonchev–Trinajstić information content (AvgIpc) is 3.29. The zero-order valence-electron chi connectivity index (χ0n) is 14.1. The van der Waals surface area contributed by atoms with E-state index in [1.165, 1.54) is 12.8 Å². The van der Waals surface area contributed by atoms with Crippen LogP contribution in [0.25, 0.3) is 27.5 Å². The van der Waals surface area contributed by atoms with E-state index < -0.39 is 0 Å². The molecule has 4 aromatic rings. The fraction of sp³-hybridized carbons (Fsp3) is 0.190. The van der Waals surface area contributed by atoms with Crippen molar-refractivity contribution in [2.45, 2.75) is 12.8 Å². The highest BCUT2D eigenvalue weighted by atomic mass is 35.5. The van der Waals surface area contributed by atoms with Crippen molar-refractivity contribution >= 4 is 45.3 Å². The number of benzene rings is 2. The molecule has 26 heavy (non-hydrogen) atoms. The van der Waals surface area contributed by atoms with Crippen LogP contribution in [0.1, 0.15) is 12.8 Å². The second-order valence-electron chi connectivity index (χ2n) is 6.67. The lowest BCUT2D eigenvalue weighted by Crippen LogP contribution is -2.20. The lowest BCUT2D eigenvalue weighted by molar-refractivity contribution is 0.876. The molecule has 0 aliphatic carbocycles. The first-order valence-electron chi connectivity index (χ1n) is 8.84. The fourth-order valence-corrected chi connectivity index (χ4v) is 4.43. The van der Waals surface area contributed by atoms with E-state index >= 15 is 0 Å². The van der Waals surface area contributed by atoms with Crippen molar-refractivity contribution in [3.8, 4) is 11.3 Å².